The third-order valence-electron chi connectivity index (χ3n) is 2.78. The van der Waals surface area contributed by atoms with Gasteiger partial charge in [-0.25, -0.2) is 0 Å². The maximum Gasteiger partial charge on any atom is 0.129 e. The average Bonchev–Trinajstić information content (AvgIpc) is 2.24. The van der Waals surface area contributed by atoms with Crippen molar-refractivity contribution in [2.75, 3.05) is 27.3 Å². The van der Waals surface area contributed by atoms with Gasteiger partial charge in [-0.1, -0.05) is 15.9 Å². The van der Waals surface area contributed by atoms with E-state index in [2.05, 4.69) is 21.2 Å². The van der Waals surface area contributed by atoms with Gasteiger partial charge in [0.15, 0.2) is 0 Å². The van der Waals surface area contributed by atoms with Crippen LogP contribution in [0.5, 0.6) is 11.5 Å². The molecule has 0 amide bonds. The summed E-state index contributed by atoms with van der Waals surface area (Å²) >= 11 is 3.44. The molecule has 0 bridgehead atoms. The Morgan fingerprint density at radius 3 is 2.44 bits per heavy atom. The van der Waals surface area contributed by atoms with Crippen LogP contribution in [-0.2, 0) is 5.60 Å². The summed E-state index contributed by atoms with van der Waals surface area (Å²) in [4.78, 5) is 0. The van der Waals surface area contributed by atoms with Crippen molar-refractivity contribution in [1.82, 2.24) is 5.32 Å². The highest BCUT2D eigenvalue weighted by Crippen LogP contribution is 2.41. The van der Waals surface area contributed by atoms with Crippen LogP contribution in [0.25, 0.3) is 0 Å². The fraction of sp³-hybridized carbons (Fsp3) is 0.455. The average molecular weight is 288 g/mol. The third-order valence-corrected chi connectivity index (χ3v) is 3.41. The molecule has 2 N–H and O–H groups in total. The molecule has 88 valence electrons. The van der Waals surface area contributed by atoms with Crippen molar-refractivity contribution in [3.8, 4) is 11.5 Å². The Labute approximate surface area is 103 Å². The highest BCUT2D eigenvalue weighted by atomic mass is 79.9. The van der Waals surface area contributed by atoms with E-state index in [1.807, 2.05) is 6.07 Å². The second-order valence-electron chi connectivity index (χ2n) is 3.82. The number of β-amino-alcohol motifs (C(OH)–C–C–N with tert-alkyl or cyclic N) is 1. The zero-order chi connectivity index (χ0) is 11.8. The Balaban J connectivity index is 2.50. The molecule has 1 fully saturated rings. The van der Waals surface area contributed by atoms with Crippen LogP contribution in [0.3, 0.4) is 0 Å². The van der Waals surface area contributed by atoms with Gasteiger partial charge in [-0.3, -0.25) is 0 Å². The molecule has 1 aromatic rings. The van der Waals surface area contributed by atoms with E-state index in [1.54, 1.807) is 20.3 Å². The minimum Gasteiger partial charge on any atom is -0.497 e. The largest absolute Gasteiger partial charge is 0.497 e. The van der Waals surface area contributed by atoms with Gasteiger partial charge in [0.1, 0.15) is 17.1 Å². The molecule has 1 aliphatic rings. The first-order valence-corrected chi connectivity index (χ1v) is 5.75. The predicted octanol–water partition coefficient (Wildman–Crippen LogP) is 1.26. The maximum absolute atomic E-state index is 10.3. The molecule has 0 aliphatic carbocycles. The fourth-order valence-corrected chi connectivity index (χ4v) is 2.62. The number of ether oxygens (including phenoxy) is 2. The molecule has 0 spiro atoms. The highest BCUT2D eigenvalue weighted by Gasteiger charge is 2.40. The van der Waals surface area contributed by atoms with Gasteiger partial charge < -0.3 is 19.9 Å². The van der Waals surface area contributed by atoms with Crippen LogP contribution in [0.1, 0.15) is 5.56 Å². The molecular formula is C11H14BrNO3. The Hall–Kier alpha value is -0.780. The van der Waals surface area contributed by atoms with E-state index in [1.165, 1.54) is 0 Å². The number of hydrogen-bond acceptors (Lipinski definition) is 4. The Morgan fingerprint density at radius 1 is 1.31 bits per heavy atom. The summed E-state index contributed by atoms with van der Waals surface area (Å²) in [6.45, 7) is 1.07. The molecule has 5 heteroatoms. The number of methoxy groups -OCH3 is 2. The second-order valence-corrected chi connectivity index (χ2v) is 4.68. The van der Waals surface area contributed by atoms with Crippen LogP contribution < -0.4 is 14.8 Å². The van der Waals surface area contributed by atoms with E-state index in [0.29, 0.717) is 24.6 Å². The van der Waals surface area contributed by atoms with Crippen LogP contribution in [0.15, 0.2) is 16.6 Å². The second kappa shape index (κ2) is 4.24. The van der Waals surface area contributed by atoms with Gasteiger partial charge in [-0.2, -0.15) is 0 Å². The number of rotatable bonds is 3. The van der Waals surface area contributed by atoms with Crippen LogP contribution in [0.2, 0.25) is 0 Å². The SMILES string of the molecule is COc1cc(Br)c(C2(O)CNC2)c(OC)c1. The molecule has 0 radical (unpaired) electrons. The molecule has 0 atom stereocenters. The van der Waals surface area contributed by atoms with Gasteiger partial charge in [-0.15, -0.1) is 0 Å². The summed E-state index contributed by atoms with van der Waals surface area (Å²) in [5.74, 6) is 1.33. The number of nitrogens with one attached hydrogen (secondary N) is 1. The quantitative estimate of drug-likeness (QED) is 0.879. The van der Waals surface area contributed by atoms with Gasteiger partial charge in [-0.05, 0) is 6.07 Å². The predicted molar refractivity (Wildman–Crippen MR) is 64.0 cm³/mol. The first-order chi connectivity index (χ1) is 7.60. The van der Waals surface area contributed by atoms with Gasteiger partial charge in [0.05, 0.1) is 14.2 Å². The molecule has 0 aromatic heterocycles. The smallest absolute Gasteiger partial charge is 0.129 e. The van der Waals surface area contributed by atoms with E-state index in [0.717, 1.165) is 10.0 Å². The third kappa shape index (κ3) is 1.79. The monoisotopic (exact) mass is 287 g/mol. The normalized spacial score (nSPS) is 17.8. The number of hydrogen-bond donors (Lipinski definition) is 2. The van der Waals surface area contributed by atoms with Crippen molar-refractivity contribution in [2.45, 2.75) is 5.60 Å². The molecule has 0 saturated carbocycles. The topological polar surface area (TPSA) is 50.7 Å². The highest BCUT2D eigenvalue weighted by molar-refractivity contribution is 9.10. The lowest BCUT2D eigenvalue weighted by molar-refractivity contribution is -0.0171. The Bertz CT molecular complexity index is 404. The van der Waals surface area contributed by atoms with Crippen LogP contribution in [0, 0.1) is 0 Å². The first kappa shape index (κ1) is 11.7. The summed E-state index contributed by atoms with van der Waals surface area (Å²) in [5.41, 5.74) is -0.0780. The minimum atomic E-state index is -0.851. The van der Waals surface area contributed by atoms with Crippen molar-refractivity contribution >= 4 is 15.9 Å². The van der Waals surface area contributed by atoms with E-state index in [-0.39, 0.29) is 0 Å². The molecule has 0 unspecified atom stereocenters. The summed E-state index contributed by atoms with van der Waals surface area (Å²) in [5, 5.41) is 13.4. The van der Waals surface area contributed by atoms with Gasteiger partial charge >= 0.3 is 0 Å². The molecule has 1 aliphatic heterocycles. The van der Waals surface area contributed by atoms with E-state index in [9.17, 15) is 5.11 Å². The first-order valence-electron chi connectivity index (χ1n) is 4.96. The van der Waals surface area contributed by atoms with E-state index >= 15 is 0 Å². The summed E-state index contributed by atoms with van der Waals surface area (Å²) < 4.78 is 11.2. The molecular weight excluding hydrogens is 274 g/mol. The summed E-state index contributed by atoms with van der Waals surface area (Å²) in [7, 11) is 3.18. The van der Waals surface area contributed by atoms with Crippen molar-refractivity contribution < 1.29 is 14.6 Å². The van der Waals surface area contributed by atoms with Crippen molar-refractivity contribution in [2.24, 2.45) is 0 Å². The molecule has 1 aromatic carbocycles. The lowest BCUT2D eigenvalue weighted by Crippen LogP contribution is -2.57. The van der Waals surface area contributed by atoms with Crippen LogP contribution >= 0.6 is 15.9 Å². The summed E-state index contributed by atoms with van der Waals surface area (Å²) in [6, 6.07) is 3.60. The fourth-order valence-electron chi connectivity index (χ4n) is 1.83. The number of aliphatic hydroxyl groups is 1. The van der Waals surface area contributed by atoms with Crippen LogP contribution in [-0.4, -0.2) is 32.4 Å². The van der Waals surface area contributed by atoms with Crippen LogP contribution in [0.4, 0.5) is 0 Å². The van der Waals surface area contributed by atoms with Crippen molar-refractivity contribution in [1.29, 1.82) is 0 Å². The van der Waals surface area contributed by atoms with E-state index < -0.39 is 5.60 Å². The van der Waals surface area contributed by atoms with Crippen molar-refractivity contribution in [3.63, 3.8) is 0 Å². The number of benzene rings is 1. The number of halogens is 1. The van der Waals surface area contributed by atoms with Gasteiger partial charge in [0.25, 0.3) is 0 Å². The lowest BCUT2D eigenvalue weighted by Gasteiger charge is -2.39. The zero-order valence-corrected chi connectivity index (χ0v) is 10.8. The zero-order valence-electron chi connectivity index (χ0n) is 9.21. The molecule has 16 heavy (non-hydrogen) atoms. The van der Waals surface area contributed by atoms with E-state index in [4.69, 9.17) is 9.47 Å². The van der Waals surface area contributed by atoms with Crippen molar-refractivity contribution in [3.05, 3.63) is 22.2 Å². The Morgan fingerprint density at radius 2 is 2.00 bits per heavy atom. The van der Waals surface area contributed by atoms with Gasteiger partial charge in [0, 0.05) is 29.2 Å². The summed E-state index contributed by atoms with van der Waals surface area (Å²) in [6.07, 6.45) is 0. The maximum atomic E-state index is 10.3. The Kier molecular flexibility index (Phi) is 3.10. The van der Waals surface area contributed by atoms with Gasteiger partial charge in [0.2, 0.25) is 0 Å². The lowest BCUT2D eigenvalue weighted by atomic mass is 9.87. The molecule has 2 rings (SSSR count). The minimum absolute atomic E-state index is 0.536. The molecule has 4 nitrogen and oxygen atoms in total. The molecule has 1 heterocycles. The molecule has 1 saturated heterocycles. The standard InChI is InChI=1S/C11H14BrNO3/c1-15-7-3-8(12)10(9(4-7)16-2)11(14)5-13-6-11/h3-4,13-14H,5-6H2,1-2H3.